The standard InChI is InChI=1S/C26H23N5O/c1-19-7-6-9-21(15-19)31-26(28-12-4-5-13-28)22-16-30(17-23(22)27-31)25(32)18-29-14-11-20-8-2-3-10-24(20)29/h2-15H,16-18H2,1H3. The minimum absolute atomic E-state index is 0.102. The van der Waals surface area contributed by atoms with Gasteiger partial charge in [-0.15, -0.1) is 0 Å². The summed E-state index contributed by atoms with van der Waals surface area (Å²) < 4.78 is 6.11. The molecule has 1 amide bonds. The second kappa shape index (κ2) is 7.27. The van der Waals surface area contributed by atoms with E-state index in [-0.39, 0.29) is 5.91 Å². The SMILES string of the molecule is Cc1cccc(-n2nc3c(c2-n2cccc2)CN(C(=O)Cn2ccc4ccccc42)C3)c1. The lowest BCUT2D eigenvalue weighted by atomic mass is 10.2. The van der Waals surface area contributed by atoms with E-state index in [1.807, 2.05) is 63.1 Å². The molecule has 0 radical (unpaired) electrons. The van der Waals surface area contributed by atoms with Crippen LogP contribution in [0.1, 0.15) is 16.8 Å². The zero-order valence-electron chi connectivity index (χ0n) is 17.8. The van der Waals surface area contributed by atoms with E-state index in [2.05, 4.69) is 47.9 Å². The Morgan fingerprint density at radius 3 is 2.62 bits per heavy atom. The minimum Gasteiger partial charge on any atom is -0.338 e. The van der Waals surface area contributed by atoms with Crippen LogP contribution < -0.4 is 0 Å². The topological polar surface area (TPSA) is 48.0 Å². The first-order chi connectivity index (χ1) is 15.7. The number of amides is 1. The molecule has 1 aliphatic rings. The first kappa shape index (κ1) is 18.7. The summed E-state index contributed by atoms with van der Waals surface area (Å²) in [4.78, 5) is 15.1. The molecule has 0 saturated heterocycles. The second-order valence-corrected chi connectivity index (χ2v) is 8.34. The van der Waals surface area contributed by atoms with Gasteiger partial charge in [0, 0.05) is 29.7 Å². The average molecular weight is 422 g/mol. The Balaban J connectivity index is 1.32. The van der Waals surface area contributed by atoms with Crippen LogP contribution in [0.5, 0.6) is 0 Å². The monoisotopic (exact) mass is 421 g/mol. The van der Waals surface area contributed by atoms with Gasteiger partial charge < -0.3 is 14.0 Å². The fourth-order valence-corrected chi connectivity index (χ4v) is 4.58. The summed E-state index contributed by atoms with van der Waals surface area (Å²) in [5, 5.41) is 6.08. The van der Waals surface area contributed by atoms with Gasteiger partial charge in [0.25, 0.3) is 0 Å². The molecule has 4 heterocycles. The second-order valence-electron chi connectivity index (χ2n) is 8.34. The number of aryl methyl sites for hydroxylation is 1. The lowest BCUT2D eigenvalue weighted by molar-refractivity contribution is -0.132. The average Bonchev–Trinajstić information content (AvgIpc) is 3.57. The first-order valence-corrected chi connectivity index (χ1v) is 10.8. The van der Waals surface area contributed by atoms with Crippen molar-refractivity contribution >= 4 is 16.8 Å². The molecule has 6 rings (SSSR count). The van der Waals surface area contributed by atoms with E-state index >= 15 is 0 Å². The summed E-state index contributed by atoms with van der Waals surface area (Å²) in [6, 6.07) is 22.6. The molecule has 0 aliphatic carbocycles. The molecule has 32 heavy (non-hydrogen) atoms. The molecule has 2 aromatic carbocycles. The summed E-state index contributed by atoms with van der Waals surface area (Å²) in [5.74, 6) is 1.10. The van der Waals surface area contributed by atoms with Crippen LogP contribution >= 0.6 is 0 Å². The van der Waals surface area contributed by atoms with Crippen molar-refractivity contribution in [2.24, 2.45) is 0 Å². The van der Waals surface area contributed by atoms with Crippen molar-refractivity contribution in [2.75, 3.05) is 0 Å². The highest BCUT2D eigenvalue weighted by atomic mass is 16.2. The Morgan fingerprint density at radius 1 is 0.938 bits per heavy atom. The van der Waals surface area contributed by atoms with Crippen LogP contribution in [-0.4, -0.2) is 29.7 Å². The first-order valence-electron chi connectivity index (χ1n) is 10.8. The summed E-state index contributed by atoms with van der Waals surface area (Å²) in [5.41, 5.74) is 5.36. The number of fused-ring (bicyclic) bond motifs is 2. The Kier molecular flexibility index (Phi) is 4.24. The molecule has 6 nitrogen and oxygen atoms in total. The van der Waals surface area contributed by atoms with Crippen LogP contribution in [0, 0.1) is 6.92 Å². The Hall–Kier alpha value is -4.06. The van der Waals surface area contributed by atoms with E-state index in [0.29, 0.717) is 19.6 Å². The highest BCUT2D eigenvalue weighted by Gasteiger charge is 2.31. The predicted octanol–water partition coefficient (Wildman–Crippen LogP) is 4.47. The number of nitrogens with zero attached hydrogens (tertiary/aromatic N) is 5. The smallest absolute Gasteiger partial charge is 0.243 e. The van der Waals surface area contributed by atoms with Crippen molar-refractivity contribution in [1.82, 2.24) is 23.8 Å². The van der Waals surface area contributed by atoms with Gasteiger partial charge in [0.1, 0.15) is 12.4 Å². The van der Waals surface area contributed by atoms with E-state index in [4.69, 9.17) is 5.10 Å². The zero-order valence-corrected chi connectivity index (χ0v) is 17.8. The molecule has 5 aromatic rings. The van der Waals surface area contributed by atoms with Gasteiger partial charge in [0.2, 0.25) is 5.91 Å². The zero-order chi connectivity index (χ0) is 21.7. The van der Waals surface area contributed by atoms with Crippen molar-refractivity contribution in [2.45, 2.75) is 26.6 Å². The largest absolute Gasteiger partial charge is 0.338 e. The summed E-state index contributed by atoms with van der Waals surface area (Å²) in [7, 11) is 0. The van der Waals surface area contributed by atoms with Gasteiger partial charge in [-0.3, -0.25) is 4.79 Å². The molecule has 0 fully saturated rings. The number of carbonyl (C=O) groups is 1. The molecule has 158 valence electrons. The third kappa shape index (κ3) is 3.03. The number of rotatable bonds is 4. The van der Waals surface area contributed by atoms with Crippen molar-refractivity contribution in [3.63, 3.8) is 0 Å². The Bertz CT molecular complexity index is 1440. The summed E-state index contributed by atoms with van der Waals surface area (Å²) in [6.07, 6.45) is 6.04. The predicted molar refractivity (Wildman–Crippen MR) is 124 cm³/mol. The maximum atomic E-state index is 13.2. The van der Waals surface area contributed by atoms with Gasteiger partial charge in [0.15, 0.2) is 0 Å². The van der Waals surface area contributed by atoms with E-state index in [1.165, 1.54) is 5.56 Å². The number of hydrogen-bond donors (Lipinski definition) is 0. The number of carbonyl (C=O) groups excluding carboxylic acids is 1. The lowest BCUT2D eigenvalue weighted by Gasteiger charge is -2.18. The Labute approximate surface area is 185 Å². The van der Waals surface area contributed by atoms with Gasteiger partial charge in [-0.25, -0.2) is 4.68 Å². The molecule has 0 N–H and O–H groups in total. The molecule has 0 spiro atoms. The number of aromatic nitrogens is 4. The third-order valence-electron chi connectivity index (χ3n) is 6.16. The van der Waals surface area contributed by atoms with Crippen molar-refractivity contribution in [1.29, 1.82) is 0 Å². The van der Waals surface area contributed by atoms with E-state index < -0.39 is 0 Å². The van der Waals surface area contributed by atoms with E-state index in [9.17, 15) is 4.79 Å². The van der Waals surface area contributed by atoms with Crippen LogP contribution in [-0.2, 0) is 24.4 Å². The maximum absolute atomic E-state index is 13.2. The van der Waals surface area contributed by atoms with E-state index in [0.717, 1.165) is 33.7 Å². The summed E-state index contributed by atoms with van der Waals surface area (Å²) in [6.45, 7) is 3.50. The number of hydrogen-bond acceptors (Lipinski definition) is 2. The maximum Gasteiger partial charge on any atom is 0.243 e. The van der Waals surface area contributed by atoms with Crippen LogP contribution in [0.3, 0.4) is 0 Å². The van der Waals surface area contributed by atoms with Crippen LogP contribution in [0.2, 0.25) is 0 Å². The van der Waals surface area contributed by atoms with E-state index in [1.54, 1.807) is 0 Å². The van der Waals surface area contributed by atoms with Crippen LogP contribution in [0.15, 0.2) is 85.3 Å². The van der Waals surface area contributed by atoms with Gasteiger partial charge >= 0.3 is 0 Å². The van der Waals surface area contributed by atoms with Crippen molar-refractivity contribution in [3.05, 3.63) is 102 Å². The fraction of sp³-hybridized carbons (Fsp3) is 0.154. The Morgan fingerprint density at radius 2 is 1.78 bits per heavy atom. The molecule has 0 saturated carbocycles. The number of para-hydroxylation sites is 1. The minimum atomic E-state index is 0.102. The van der Waals surface area contributed by atoms with Crippen molar-refractivity contribution in [3.8, 4) is 11.5 Å². The molecular weight excluding hydrogens is 398 g/mol. The van der Waals surface area contributed by atoms with Crippen LogP contribution in [0.4, 0.5) is 0 Å². The van der Waals surface area contributed by atoms with Gasteiger partial charge in [0.05, 0.1) is 24.5 Å². The molecule has 0 bridgehead atoms. The fourth-order valence-electron chi connectivity index (χ4n) is 4.58. The quantitative estimate of drug-likeness (QED) is 0.430. The number of benzene rings is 2. The highest BCUT2D eigenvalue weighted by molar-refractivity contribution is 5.83. The van der Waals surface area contributed by atoms with Crippen molar-refractivity contribution < 1.29 is 4.79 Å². The molecule has 0 atom stereocenters. The molecule has 3 aromatic heterocycles. The lowest BCUT2D eigenvalue weighted by Crippen LogP contribution is -2.29. The molecule has 0 unspecified atom stereocenters. The molecule has 6 heteroatoms. The highest BCUT2D eigenvalue weighted by Crippen LogP contribution is 2.31. The summed E-state index contributed by atoms with van der Waals surface area (Å²) >= 11 is 0. The van der Waals surface area contributed by atoms with Gasteiger partial charge in [-0.2, -0.15) is 5.10 Å². The normalized spacial score (nSPS) is 13.1. The van der Waals surface area contributed by atoms with Gasteiger partial charge in [-0.05, 0) is 54.3 Å². The molecular formula is C26H23N5O. The third-order valence-corrected chi connectivity index (χ3v) is 6.16. The molecule has 1 aliphatic heterocycles. The van der Waals surface area contributed by atoms with Gasteiger partial charge in [-0.1, -0.05) is 30.3 Å². The van der Waals surface area contributed by atoms with Crippen LogP contribution in [0.25, 0.3) is 22.4 Å².